The summed E-state index contributed by atoms with van der Waals surface area (Å²) >= 11 is 3.61. The second kappa shape index (κ2) is 10.2. The van der Waals surface area contributed by atoms with Crippen LogP contribution in [-0.4, -0.2) is 27.3 Å². The predicted octanol–water partition coefficient (Wildman–Crippen LogP) is 7.20. The smallest absolute Gasteiger partial charge is 0.344 e. The van der Waals surface area contributed by atoms with Crippen LogP contribution >= 0.6 is 34.4 Å². The lowest BCUT2D eigenvalue weighted by Crippen LogP contribution is -2.12. The number of benzene rings is 2. The maximum Gasteiger partial charge on any atom is 0.344 e. The highest BCUT2D eigenvalue weighted by Crippen LogP contribution is 2.41. The first kappa shape index (κ1) is 24.3. The number of thioether (sulfide) groups is 1. The second-order valence-electron chi connectivity index (χ2n) is 7.90. The van der Waals surface area contributed by atoms with E-state index in [0.29, 0.717) is 15.6 Å². The van der Waals surface area contributed by atoms with Crippen LogP contribution in [0.3, 0.4) is 0 Å². The van der Waals surface area contributed by atoms with Gasteiger partial charge in [0.25, 0.3) is 0 Å². The van der Waals surface area contributed by atoms with Crippen molar-refractivity contribution in [2.75, 3.05) is 6.61 Å². The molecule has 0 saturated heterocycles. The molecule has 174 valence electrons. The maximum atomic E-state index is 12.7. The van der Waals surface area contributed by atoms with Gasteiger partial charge in [-0.2, -0.15) is 0 Å². The molecule has 0 fully saturated rings. The minimum atomic E-state index is -0.578. The highest BCUT2D eigenvalue weighted by Gasteiger charge is 2.33. The number of aliphatic hydroxyl groups excluding tert-OH is 1. The number of carbonyl (C=O) groups excluding carboxylic acids is 1. The summed E-state index contributed by atoms with van der Waals surface area (Å²) in [7, 11) is 0. The van der Waals surface area contributed by atoms with Crippen molar-refractivity contribution < 1.29 is 14.6 Å². The fourth-order valence-electron chi connectivity index (χ4n) is 3.85. The van der Waals surface area contributed by atoms with E-state index < -0.39 is 5.97 Å². The van der Waals surface area contributed by atoms with Gasteiger partial charge in [-0.15, -0.1) is 0 Å². The van der Waals surface area contributed by atoms with E-state index in [9.17, 15) is 9.90 Å². The average Bonchev–Trinajstić information content (AvgIpc) is 3.26. The van der Waals surface area contributed by atoms with E-state index in [4.69, 9.17) is 4.74 Å². The van der Waals surface area contributed by atoms with Crippen molar-refractivity contribution in [3.8, 4) is 5.69 Å². The number of aliphatic imine (C=N–C) groups is 1. The zero-order valence-electron chi connectivity index (χ0n) is 19.4. The zero-order valence-corrected chi connectivity index (χ0v) is 22.4. The molecule has 0 saturated carbocycles. The number of para-hydroxylation sites is 1. The van der Waals surface area contributed by atoms with Gasteiger partial charge in [-0.05, 0) is 104 Å². The summed E-state index contributed by atoms with van der Waals surface area (Å²) in [5.41, 5.74) is 6.21. The molecule has 34 heavy (non-hydrogen) atoms. The first-order valence-corrected chi connectivity index (χ1v) is 12.8. The lowest BCUT2D eigenvalue weighted by Gasteiger charge is -2.11. The second-order valence-corrected chi connectivity index (χ2v) is 10.1. The summed E-state index contributed by atoms with van der Waals surface area (Å²) in [4.78, 5) is 17.8. The van der Waals surface area contributed by atoms with Gasteiger partial charge in [0.15, 0.2) is 0 Å². The third kappa shape index (κ3) is 4.86. The quantitative estimate of drug-likeness (QED) is 0.255. The Morgan fingerprint density at radius 1 is 1.15 bits per heavy atom. The monoisotopic (exact) mass is 584 g/mol. The van der Waals surface area contributed by atoms with Crippen molar-refractivity contribution in [2.24, 2.45) is 4.99 Å². The molecule has 5 nitrogen and oxygen atoms in total. The van der Waals surface area contributed by atoms with E-state index in [0.717, 1.165) is 22.6 Å². The summed E-state index contributed by atoms with van der Waals surface area (Å²) in [6, 6.07) is 17.8. The summed E-state index contributed by atoms with van der Waals surface area (Å²) in [6.07, 6.45) is 1.91. The minimum absolute atomic E-state index is 0.101. The number of aromatic nitrogens is 1. The number of hydrogen-bond donors (Lipinski definition) is 1. The molecule has 4 rings (SSSR count). The number of esters is 1. The molecule has 0 atom stereocenters. The maximum absolute atomic E-state index is 12.7. The topological polar surface area (TPSA) is 63.8 Å². The van der Waals surface area contributed by atoms with E-state index in [1.807, 2.05) is 36.4 Å². The molecule has 0 spiro atoms. The first-order valence-electron chi connectivity index (χ1n) is 10.9. The summed E-state index contributed by atoms with van der Waals surface area (Å²) < 4.78 is 8.62. The van der Waals surface area contributed by atoms with Crippen molar-refractivity contribution in [1.29, 1.82) is 0 Å². The standard InChI is InChI=1S/C27H25IN2O3S/c1-5-33-27(32)24-25(31)23(34-26(24)29-20-9-7-6-8-10-20)15-19-14-17(3)30(18(19)4)21-11-12-22(28)16(2)13-21/h6-15,31H,5H2,1-4H3/b23-15-,29-26?. The number of rotatable bonds is 5. The van der Waals surface area contributed by atoms with E-state index in [1.165, 1.54) is 20.9 Å². The fourth-order valence-corrected chi connectivity index (χ4v) is 5.21. The Balaban J connectivity index is 1.78. The van der Waals surface area contributed by atoms with E-state index in [2.05, 4.69) is 77.2 Å². The Hall–Kier alpha value is -2.78. The van der Waals surface area contributed by atoms with Gasteiger partial charge < -0.3 is 14.4 Å². The first-order chi connectivity index (χ1) is 16.3. The van der Waals surface area contributed by atoms with Crippen LogP contribution in [0, 0.1) is 24.3 Å². The average molecular weight is 584 g/mol. The van der Waals surface area contributed by atoms with Gasteiger partial charge in [0.2, 0.25) is 0 Å². The van der Waals surface area contributed by atoms with Crippen LogP contribution in [0.1, 0.15) is 29.4 Å². The van der Waals surface area contributed by atoms with Crippen LogP contribution < -0.4 is 0 Å². The molecule has 0 amide bonds. The van der Waals surface area contributed by atoms with Crippen molar-refractivity contribution in [1.82, 2.24) is 4.57 Å². The van der Waals surface area contributed by atoms with Crippen molar-refractivity contribution in [3.05, 3.63) is 96.9 Å². The van der Waals surface area contributed by atoms with Crippen molar-refractivity contribution in [2.45, 2.75) is 27.7 Å². The molecular formula is C27H25IN2O3S. The van der Waals surface area contributed by atoms with Crippen LogP contribution in [0.25, 0.3) is 11.8 Å². The predicted molar refractivity (Wildman–Crippen MR) is 148 cm³/mol. The number of carbonyl (C=O) groups is 1. The van der Waals surface area contributed by atoms with Crippen LogP contribution in [0.4, 0.5) is 5.69 Å². The molecule has 1 aliphatic rings. The highest BCUT2D eigenvalue weighted by molar-refractivity contribution is 14.1. The SMILES string of the molecule is CCOC(=O)C1=C(O)/C(=C/c2cc(C)n(-c3ccc(I)c(C)c3)c2C)SC1=Nc1ccccc1. The van der Waals surface area contributed by atoms with E-state index in [1.54, 1.807) is 6.92 Å². The van der Waals surface area contributed by atoms with Crippen LogP contribution in [0.2, 0.25) is 0 Å². The van der Waals surface area contributed by atoms with Crippen LogP contribution in [0.5, 0.6) is 0 Å². The number of aryl methyl sites for hydroxylation is 2. The molecule has 0 aliphatic carbocycles. The molecule has 0 unspecified atom stereocenters. The zero-order chi connectivity index (χ0) is 24.4. The summed E-state index contributed by atoms with van der Waals surface area (Å²) in [6.45, 7) is 8.17. The number of hydrogen-bond acceptors (Lipinski definition) is 5. The van der Waals surface area contributed by atoms with Gasteiger partial charge in [-0.1, -0.05) is 30.0 Å². The third-order valence-corrected chi connectivity index (χ3v) is 7.74. The van der Waals surface area contributed by atoms with Gasteiger partial charge >= 0.3 is 5.97 Å². The molecule has 2 heterocycles. The highest BCUT2D eigenvalue weighted by atomic mass is 127. The Bertz CT molecular complexity index is 1350. The number of ether oxygens (including phenoxy) is 1. The molecule has 7 heteroatoms. The van der Waals surface area contributed by atoms with Crippen molar-refractivity contribution >= 4 is 57.1 Å². The lowest BCUT2D eigenvalue weighted by molar-refractivity contribution is -0.138. The number of halogens is 1. The van der Waals surface area contributed by atoms with Gasteiger partial charge in [0.05, 0.1) is 17.2 Å². The lowest BCUT2D eigenvalue weighted by atomic mass is 10.1. The Morgan fingerprint density at radius 2 is 1.88 bits per heavy atom. The Morgan fingerprint density at radius 3 is 2.56 bits per heavy atom. The number of aliphatic hydroxyl groups is 1. The van der Waals surface area contributed by atoms with E-state index in [-0.39, 0.29) is 17.9 Å². The molecule has 1 N–H and O–H groups in total. The summed E-state index contributed by atoms with van der Waals surface area (Å²) in [5.74, 6) is -0.682. The van der Waals surface area contributed by atoms with Gasteiger partial charge in [-0.25, -0.2) is 9.79 Å². The Kier molecular flexibility index (Phi) is 7.33. The molecular weight excluding hydrogens is 559 g/mol. The Labute approximate surface area is 217 Å². The van der Waals surface area contributed by atoms with Crippen molar-refractivity contribution in [3.63, 3.8) is 0 Å². The third-order valence-electron chi connectivity index (χ3n) is 5.51. The van der Waals surface area contributed by atoms with Gasteiger partial charge in [-0.3, -0.25) is 0 Å². The number of nitrogens with zero attached hydrogens (tertiary/aromatic N) is 2. The van der Waals surface area contributed by atoms with Gasteiger partial charge in [0, 0.05) is 20.6 Å². The minimum Gasteiger partial charge on any atom is -0.506 e. The fraction of sp³-hybridized carbons (Fsp3) is 0.185. The largest absolute Gasteiger partial charge is 0.506 e. The van der Waals surface area contributed by atoms with Crippen LogP contribution in [0.15, 0.2) is 75.8 Å². The van der Waals surface area contributed by atoms with Crippen LogP contribution in [-0.2, 0) is 9.53 Å². The normalized spacial score (nSPS) is 16.0. The van der Waals surface area contributed by atoms with E-state index >= 15 is 0 Å². The summed E-state index contributed by atoms with van der Waals surface area (Å²) in [5, 5.41) is 11.4. The van der Waals surface area contributed by atoms with Gasteiger partial charge in [0.1, 0.15) is 16.4 Å². The molecule has 1 aromatic heterocycles. The molecule has 2 aromatic carbocycles. The molecule has 0 radical (unpaired) electrons. The molecule has 1 aliphatic heterocycles. The molecule has 0 bridgehead atoms. The molecule has 3 aromatic rings.